The highest BCUT2D eigenvalue weighted by Gasteiger charge is 2.20. The zero-order chi connectivity index (χ0) is 19.6. The summed E-state index contributed by atoms with van der Waals surface area (Å²) in [6.07, 6.45) is 0. The van der Waals surface area contributed by atoms with Crippen LogP contribution in [0.4, 0.5) is 5.69 Å². The number of rotatable bonds is 5. The van der Waals surface area contributed by atoms with Crippen molar-refractivity contribution in [3.8, 4) is 17.2 Å². The Kier molecular flexibility index (Phi) is 5.32. The van der Waals surface area contributed by atoms with Gasteiger partial charge in [0.2, 0.25) is 0 Å². The van der Waals surface area contributed by atoms with Crippen LogP contribution in [-0.4, -0.2) is 35.1 Å². The largest absolute Gasteiger partial charge is 0.495 e. The van der Waals surface area contributed by atoms with E-state index in [2.05, 4.69) is 15.6 Å². The number of amides is 1. The van der Waals surface area contributed by atoms with Crippen molar-refractivity contribution in [1.82, 2.24) is 15.0 Å². The van der Waals surface area contributed by atoms with Gasteiger partial charge in [-0.1, -0.05) is 28.9 Å². The first kappa shape index (κ1) is 18.7. The Morgan fingerprint density at radius 1 is 1.11 bits per heavy atom. The minimum absolute atomic E-state index is 0.213. The van der Waals surface area contributed by atoms with E-state index in [1.807, 2.05) is 31.2 Å². The van der Waals surface area contributed by atoms with Crippen molar-refractivity contribution >= 4 is 23.2 Å². The quantitative estimate of drug-likeness (QED) is 0.721. The molecule has 0 atom stereocenters. The summed E-state index contributed by atoms with van der Waals surface area (Å²) in [5, 5.41) is 11.3. The van der Waals surface area contributed by atoms with Gasteiger partial charge in [0.15, 0.2) is 5.69 Å². The summed E-state index contributed by atoms with van der Waals surface area (Å²) in [4.78, 5) is 12.7. The molecule has 0 unspecified atom stereocenters. The van der Waals surface area contributed by atoms with Gasteiger partial charge in [0.25, 0.3) is 5.91 Å². The highest BCUT2D eigenvalue weighted by atomic mass is 35.5. The molecule has 27 heavy (non-hydrogen) atoms. The third kappa shape index (κ3) is 3.73. The second kappa shape index (κ2) is 7.67. The van der Waals surface area contributed by atoms with E-state index in [4.69, 9.17) is 21.1 Å². The van der Waals surface area contributed by atoms with E-state index >= 15 is 0 Å². The first-order chi connectivity index (χ1) is 12.9. The molecule has 0 fully saturated rings. The molecule has 0 bridgehead atoms. The third-order valence-corrected chi connectivity index (χ3v) is 4.37. The molecule has 3 aromatic rings. The van der Waals surface area contributed by atoms with E-state index < -0.39 is 5.91 Å². The van der Waals surface area contributed by atoms with Crippen LogP contribution < -0.4 is 14.8 Å². The summed E-state index contributed by atoms with van der Waals surface area (Å²) in [7, 11) is 3.00. The monoisotopic (exact) mass is 386 g/mol. The number of ether oxygens (including phenoxy) is 2. The van der Waals surface area contributed by atoms with Crippen LogP contribution in [0.3, 0.4) is 0 Å². The molecule has 1 amide bonds. The zero-order valence-electron chi connectivity index (χ0n) is 15.4. The lowest BCUT2D eigenvalue weighted by Gasteiger charge is -2.12. The molecule has 1 N–H and O–H groups in total. The number of aromatic nitrogens is 3. The number of carbonyl (C=O) groups is 1. The number of nitrogens with one attached hydrogen (secondary N) is 1. The van der Waals surface area contributed by atoms with Crippen LogP contribution in [0.25, 0.3) is 5.69 Å². The highest BCUT2D eigenvalue weighted by molar-refractivity contribution is 6.32. The van der Waals surface area contributed by atoms with E-state index in [1.165, 1.54) is 14.2 Å². The molecule has 0 saturated carbocycles. The molecule has 0 aliphatic carbocycles. The molecule has 2 aromatic carbocycles. The Morgan fingerprint density at radius 2 is 1.85 bits per heavy atom. The number of hydrogen-bond acceptors (Lipinski definition) is 5. The fourth-order valence-corrected chi connectivity index (χ4v) is 2.92. The van der Waals surface area contributed by atoms with Crippen LogP contribution in [0, 0.1) is 13.8 Å². The average Bonchev–Trinajstić information content (AvgIpc) is 3.03. The molecule has 3 rings (SSSR count). The lowest BCUT2D eigenvalue weighted by molar-refractivity contribution is 0.102. The Balaban J connectivity index is 1.91. The van der Waals surface area contributed by atoms with Crippen molar-refractivity contribution in [3.05, 3.63) is 58.4 Å². The van der Waals surface area contributed by atoms with Crippen LogP contribution in [0.15, 0.2) is 36.4 Å². The van der Waals surface area contributed by atoms with E-state index in [1.54, 1.807) is 23.7 Å². The Labute approximate surface area is 161 Å². The van der Waals surface area contributed by atoms with Crippen LogP contribution in [-0.2, 0) is 0 Å². The van der Waals surface area contributed by atoms with Gasteiger partial charge in [0, 0.05) is 6.07 Å². The SMILES string of the molecule is COc1cc(OC)c(NC(=O)c2nnn(-c3cccc(C)c3)c2C)cc1Cl. The van der Waals surface area contributed by atoms with Gasteiger partial charge in [0.05, 0.1) is 36.3 Å². The molecule has 0 radical (unpaired) electrons. The Morgan fingerprint density at radius 3 is 2.52 bits per heavy atom. The van der Waals surface area contributed by atoms with E-state index in [-0.39, 0.29) is 5.69 Å². The standard InChI is InChI=1S/C19H19ClN4O3/c1-11-6-5-7-13(8-11)24-12(2)18(22-23-24)19(25)21-15-9-14(20)16(26-3)10-17(15)27-4/h5-10H,1-4H3,(H,21,25). The van der Waals surface area contributed by atoms with Gasteiger partial charge in [-0.3, -0.25) is 4.79 Å². The van der Waals surface area contributed by atoms with Crippen molar-refractivity contribution in [3.63, 3.8) is 0 Å². The smallest absolute Gasteiger partial charge is 0.278 e. The van der Waals surface area contributed by atoms with Gasteiger partial charge in [-0.2, -0.15) is 0 Å². The maximum Gasteiger partial charge on any atom is 0.278 e. The number of carbonyl (C=O) groups excluding carboxylic acids is 1. The normalized spacial score (nSPS) is 10.6. The molecule has 0 spiro atoms. The number of halogens is 1. The third-order valence-electron chi connectivity index (χ3n) is 4.08. The summed E-state index contributed by atoms with van der Waals surface area (Å²) >= 11 is 6.15. The van der Waals surface area contributed by atoms with Gasteiger partial charge in [0.1, 0.15) is 11.5 Å². The van der Waals surface area contributed by atoms with Crippen molar-refractivity contribution in [1.29, 1.82) is 0 Å². The van der Waals surface area contributed by atoms with Gasteiger partial charge in [-0.15, -0.1) is 5.10 Å². The summed E-state index contributed by atoms with van der Waals surface area (Å²) < 4.78 is 12.1. The average molecular weight is 387 g/mol. The second-order valence-corrected chi connectivity index (χ2v) is 6.32. The molecular formula is C19H19ClN4O3. The number of anilines is 1. The highest BCUT2D eigenvalue weighted by Crippen LogP contribution is 2.36. The maximum atomic E-state index is 12.7. The molecule has 0 aliphatic rings. The molecular weight excluding hydrogens is 368 g/mol. The molecule has 1 heterocycles. The van der Waals surface area contributed by atoms with Gasteiger partial charge in [-0.25, -0.2) is 4.68 Å². The number of aryl methyl sites for hydroxylation is 1. The lowest BCUT2D eigenvalue weighted by atomic mass is 10.2. The van der Waals surface area contributed by atoms with E-state index in [0.717, 1.165) is 11.3 Å². The summed E-state index contributed by atoms with van der Waals surface area (Å²) in [5.74, 6) is 0.465. The van der Waals surface area contributed by atoms with Gasteiger partial charge < -0.3 is 14.8 Å². The minimum Gasteiger partial charge on any atom is -0.495 e. The van der Waals surface area contributed by atoms with E-state index in [0.29, 0.717) is 27.9 Å². The van der Waals surface area contributed by atoms with Crippen molar-refractivity contribution < 1.29 is 14.3 Å². The van der Waals surface area contributed by atoms with Crippen molar-refractivity contribution in [2.45, 2.75) is 13.8 Å². The summed E-state index contributed by atoms with van der Waals surface area (Å²) in [5.41, 5.74) is 3.18. The minimum atomic E-state index is -0.411. The zero-order valence-corrected chi connectivity index (χ0v) is 16.2. The molecule has 8 heteroatoms. The Hall–Kier alpha value is -3.06. The lowest BCUT2D eigenvalue weighted by Crippen LogP contribution is -2.15. The predicted molar refractivity (Wildman–Crippen MR) is 103 cm³/mol. The maximum absolute atomic E-state index is 12.7. The van der Waals surface area contributed by atoms with Gasteiger partial charge >= 0.3 is 0 Å². The van der Waals surface area contributed by atoms with Crippen molar-refractivity contribution in [2.24, 2.45) is 0 Å². The predicted octanol–water partition coefficient (Wildman–Crippen LogP) is 3.81. The van der Waals surface area contributed by atoms with Crippen LogP contribution in [0.2, 0.25) is 5.02 Å². The van der Waals surface area contributed by atoms with Crippen LogP contribution in [0.1, 0.15) is 21.7 Å². The van der Waals surface area contributed by atoms with Crippen LogP contribution >= 0.6 is 11.6 Å². The van der Waals surface area contributed by atoms with Crippen molar-refractivity contribution in [2.75, 3.05) is 19.5 Å². The fourth-order valence-electron chi connectivity index (χ4n) is 2.68. The molecule has 0 aliphatic heterocycles. The topological polar surface area (TPSA) is 78.3 Å². The summed E-state index contributed by atoms with van der Waals surface area (Å²) in [6.45, 7) is 3.78. The molecule has 1 aromatic heterocycles. The van der Waals surface area contributed by atoms with Crippen LogP contribution in [0.5, 0.6) is 11.5 Å². The van der Waals surface area contributed by atoms with Gasteiger partial charge in [-0.05, 0) is 37.6 Å². The number of hydrogen-bond donors (Lipinski definition) is 1. The van der Waals surface area contributed by atoms with E-state index in [9.17, 15) is 4.79 Å². The number of methoxy groups -OCH3 is 2. The molecule has 140 valence electrons. The summed E-state index contributed by atoms with van der Waals surface area (Å²) in [6, 6.07) is 11.0. The first-order valence-electron chi connectivity index (χ1n) is 8.16. The second-order valence-electron chi connectivity index (χ2n) is 5.92. The Bertz CT molecular complexity index is 1000. The fraction of sp³-hybridized carbons (Fsp3) is 0.211. The molecule has 0 saturated heterocycles. The number of nitrogens with zero attached hydrogens (tertiary/aromatic N) is 3. The number of benzene rings is 2. The first-order valence-corrected chi connectivity index (χ1v) is 8.54. The molecule has 7 nitrogen and oxygen atoms in total.